The molecule has 1 aromatic heterocycles. The van der Waals surface area contributed by atoms with Gasteiger partial charge in [0.25, 0.3) is 0 Å². The van der Waals surface area contributed by atoms with E-state index in [9.17, 15) is 5.11 Å². The Bertz CT molecular complexity index is 1040. The predicted octanol–water partition coefficient (Wildman–Crippen LogP) is 6.13. The molecule has 2 aromatic carbocycles. The summed E-state index contributed by atoms with van der Waals surface area (Å²) in [7, 11) is 0. The number of hydrogen-bond acceptors (Lipinski definition) is 4. The first-order valence-corrected chi connectivity index (χ1v) is 11.2. The van der Waals surface area contributed by atoms with Gasteiger partial charge in [-0.1, -0.05) is 49.7 Å². The van der Waals surface area contributed by atoms with Crippen molar-refractivity contribution < 1.29 is 9.84 Å². The first-order valence-electron chi connectivity index (χ1n) is 10.9. The highest BCUT2D eigenvalue weighted by molar-refractivity contribution is 6.31. The van der Waals surface area contributed by atoms with Crippen molar-refractivity contribution in [3.05, 3.63) is 88.2 Å². The Labute approximate surface area is 189 Å². The van der Waals surface area contributed by atoms with Crippen molar-refractivity contribution in [2.45, 2.75) is 45.3 Å². The zero-order valence-corrected chi connectivity index (χ0v) is 18.8. The Morgan fingerprint density at radius 2 is 2.00 bits per heavy atom. The molecule has 0 spiro atoms. The molecule has 0 radical (unpaired) electrons. The molecule has 5 heteroatoms. The van der Waals surface area contributed by atoms with E-state index in [4.69, 9.17) is 16.3 Å². The third kappa shape index (κ3) is 5.09. The summed E-state index contributed by atoms with van der Waals surface area (Å²) >= 11 is 6.28. The number of likely N-dealkylation sites (tertiary alicyclic amines) is 1. The summed E-state index contributed by atoms with van der Waals surface area (Å²) in [5, 5.41) is 10.8. The highest BCUT2D eigenvalue weighted by Gasteiger charge is 2.26. The van der Waals surface area contributed by atoms with Crippen LogP contribution < -0.4 is 4.74 Å². The summed E-state index contributed by atoms with van der Waals surface area (Å²) < 4.78 is 6.20. The number of aliphatic hydroxyl groups excluding tert-OH is 1. The molecule has 1 atom stereocenters. The summed E-state index contributed by atoms with van der Waals surface area (Å²) in [5.41, 5.74) is 4.22. The number of para-hydroxylation sites is 1. The lowest BCUT2D eigenvalue weighted by Crippen LogP contribution is -2.20. The first-order chi connectivity index (χ1) is 15.0. The summed E-state index contributed by atoms with van der Waals surface area (Å²) in [4.78, 5) is 6.79. The third-order valence-electron chi connectivity index (χ3n) is 5.97. The largest absolute Gasteiger partial charge is 0.457 e. The van der Waals surface area contributed by atoms with Crippen molar-refractivity contribution >= 4 is 11.6 Å². The lowest BCUT2D eigenvalue weighted by atomic mass is 9.93. The molecule has 1 fully saturated rings. The standard InChI is InChI=1S/C26H29ClN2O2/c1-18(2)22-6-3-4-8-26(22)31-21-9-10-23(20(14-21)17-30)19-11-13-29(15-19)16-25-24(27)7-5-12-28-25/h3-10,12,14,18-19,30H,11,13,15-17H2,1-2H3. The molecule has 1 saturated heterocycles. The van der Waals surface area contributed by atoms with Crippen molar-refractivity contribution in [1.82, 2.24) is 9.88 Å². The molecular weight excluding hydrogens is 408 g/mol. The Balaban J connectivity index is 1.48. The normalized spacial score (nSPS) is 16.7. The van der Waals surface area contributed by atoms with E-state index in [-0.39, 0.29) is 6.61 Å². The van der Waals surface area contributed by atoms with Crippen molar-refractivity contribution in [3.63, 3.8) is 0 Å². The molecule has 1 aliphatic rings. The van der Waals surface area contributed by atoms with E-state index in [1.165, 1.54) is 11.1 Å². The first kappa shape index (κ1) is 21.8. The van der Waals surface area contributed by atoms with E-state index >= 15 is 0 Å². The fourth-order valence-corrected chi connectivity index (χ4v) is 4.52. The van der Waals surface area contributed by atoms with Crippen LogP contribution in [0.1, 0.15) is 54.5 Å². The van der Waals surface area contributed by atoms with Gasteiger partial charge in [-0.3, -0.25) is 9.88 Å². The molecule has 1 aliphatic heterocycles. The van der Waals surface area contributed by atoms with Gasteiger partial charge in [0.2, 0.25) is 0 Å². The van der Waals surface area contributed by atoms with Gasteiger partial charge in [-0.05, 0) is 71.8 Å². The fraction of sp³-hybridized carbons (Fsp3) is 0.346. The van der Waals surface area contributed by atoms with E-state index in [1.54, 1.807) is 6.20 Å². The number of halogens is 1. The Kier molecular flexibility index (Phi) is 6.91. The molecule has 31 heavy (non-hydrogen) atoms. The van der Waals surface area contributed by atoms with E-state index < -0.39 is 0 Å². The second-order valence-corrected chi connectivity index (χ2v) is 8.87. The Morgan fingerprint density at radius 3 is 2.77 bits per heavy atom. The van der Waals surface area contributed by atoms with Gasteiger partial charge in [-0.2, -0.15) is 0 Å². The molecule has 3 aromatic rings. The minimum absolute atomic E-state index is 0.000922. The molecular formula is C26H29ClN2O2. The fourth-order valence-electron chi connectivity index (χ4n) is 4.33. The zero-order valence-electron chi connectivity index (χ0n) is 18.1. The topological polar surface area (TPSA) is 45.6 Å². The van der Waals surface area contributed by atoms with E-state index in [1.807, 2.05) is 42.5 Å². The van der Waals surface area contributed by atoms with Crippen LogP contribution in [0.2, 0.25) is 5.02 Å². The van der Waals surface area contributed by atoms with Crippen LogP contribution in [-0.2, 0) is 13.2 Å². The zero-order chi connectivity index (χ0) is 21.8. The number of benzene rings is 2. The van der Waals surface area contributed by atoms with Crippen LogP contribution in [0, 0.1) is 0 Å². The Morgan fingerprint density at radius 1 is 1.16 bits per heavy atom. The van der Waals surface area contributed by atoms with Gasteiger partial charge in [0.1, 0.15) is 11.5 Å². The van der Waals surface area contributed by atoms with Crippen molar-refractivity contribution in [2.24, 2.45) is 0 Å². The number of aromatic nitrogens is 1. The maximum atomic E-state index is 10.1. The molecule has 4 nitrogen and oxygen atoms in total. The second kappa shape index (κ2) is 9.82. The molecule has 162 valence electrons. The SMILES string of the molecule is CC(C)c1ccccc1Oc1ccc(C2CCN(Cc3ncccc3Cl)C2)c(CO)c1. The Hall–Kier alpha value is -2.40. The number of ether oxygens (including phenoxy) is 1. The molecule has 4 rings (SSSR count). The molecule has 0 amide bonds. The van der Waals surface area contributed by atoms with Crippen LogP contribution in [0.15, 0.2) is 60.8 Å². The quantitative estimate of drug-likeness (QED) is 0.483. The average Bonchev–Trinajstić information content (AvgIpc) is 3.24. The number of nitrogens with zero attached hydrogens (tertiary/aromatic N) is 2. The summed E-state index contributed by atoms with van der Waals surface area (Å²) in [6, 6.07) is 18.0. The maximum Gasteiger partial charge on any atom is 0.130 e. The minimum Gasteiger partial charge on any atom is -0.457 e. The summed E-state index contributed by atoms with van der Waals surface area (Å²) in [5.74, 6) is 2.39. The number of aliphatic hydroxyl groups is 1. The lowest BCUT2D eigenvalue weighted by molar-refractivity contribution is 0.278. The van der Waals surface area contributed by atoms with Crippen LogP contribution in [0.3, 0.4) is 0 Å². The molecule has 2 heterocycles. The third-order valence-corrected chi connectivity index (χ3v) is 6.32. The average molecular weight is 437 g/mol. The summed E-state index contributed by atoms with van der Waals surface area (Å²) in [6.07, 6.45) is 2.84. The van der Waals surface area contributed by atoms with Gasteiger partial charge in [-0.15, -0.1) is 0 Å². The van der Waals surface area contributed by atoms with E-state index in [0.29, 0.717) is 16.9 Å². The maximum absolute atomic E-state index is 10.1. The predicted molar refractivity (Wildman–Crippen MR) is 125 cm³/mol. The number of hydrogen-bond donors (Lipinski definition) is 1. The van der Waals surface area contributed by atoms with E-state index in [0.717, 1.165) is 48.8 Å². The lowest BCUT2D eigenvalue weighted by Gasteiger charge is -2.19. The van der Waals surface area contributed by atoms with Gasteiger partial charge in [0, 0.05) is 19.3 Å². The molecule has 1 N–H and O–H groups in total. The number of pyridine rings is 1. The number of rotatable bonds is 7. The van der Waals surface area contributed by atoms with Gasteiger partial charge in [-0.25, -0.2) is 0 Å². The molecule has 0 saturated carbocycles. The van der Waals surface area contributed by atoms with Gasteiger partial charge < -0.3 is 9.84 Å². The minimum atomic E-state index is 0.000922. The van der Waals surface area contributed by atoms with Crippen molar-refractivity contribution in [2.75, 3.05) is 13.1 Å². The highest BCUT2D eigenvalue weighted by Crippen LogP contribution is 2.35. The second-order valence-electron chi connectivity index (χ2n) is 8.47. The van der Waals surface area contributed by atoms with Crippen molar-refractivity contribution in [1.29, 1.82) is 0 Å². The van der Waals surface area contributed by atoms with Crippen LogP contribution in [0.4, 0.5) is 0 Å². The smallest absolute Gasteiger partial charge is 0.130 e. The highest BCUT2D eigenvalue weighted by atomic mass is 35.5. The van der Waals surface area contributed by atoms with E-state index in [2.05, 4.69) is 35.9 Å². The molecule has 1 unspecified atom stereocenters. The molecule has 0 bridgehead atoms. The van der Waals surface area contributed by atoms with Gasteiger partial charge in [0.05, 0.1) is 17.3 Å². The molecule has 0 aliphatic carbocycles. The van der Waals surface area contributed by atoms with Crippen molar-refractivity contribution in [3.8, 4) is 11.5 Å². The van der Waals surface area contributed by atoms with Crippen LogP contribution >= 0.6 is 11.6 Å². The van der Waals surface area contributed by atoms with Crippen LogP contribution in [-0.4, -0.2) is 28.1 Å². The summed E-state index contributed by atoms with van der Waals surface area (Å²) in [6.45, 7) is 6.99. The monoisotopic (exact) mass is 436 g/mol. The van der Waals surface area contributed by atoms with Crippen LogP contribution in [0.25, 0.3) is 0 Å². The van der Waals surface area contributed by atoms with Gasteiger partial charge in [0.15, 0.2) is 0 Å². The van der Waals surface area contributed by atoms with Crippen LogP contribution in [0.5, 0.6) is 11.5 Å². The van der Waals surface area contributed by atoms with Gasteiger partial charge >= 0.3 is 0 Å².